The molecule has 8 aromatic rings. The van der Waals surface area contributed by atoms with E-state index in [1.165, 1.54) is 68.6 Å². The highest BCUT2D eigenvalue weighted by atomic mass is 19.1. The van der Waals surface area contributed by atoms with Crippen molar-refractivity contribution in [3.63, 3.8) is 0 Å². The van der Waals surface area contributed by atoms with Crippen LogP contribution in [0.1, 0.15) is 122 Å². The molecule has 5 nitrogen and oxygen atoms in total. The van der Waals surface area contributed by atoms with Crippen molar-refractivity contribution >= 4 is 34.1 Å². The van der Waals surface area contributed by atoms with E-state index in [9.17, 15) is 4.79 Å². The Hall–Kier alpha value is -7.35. The second-order valence-corrected chi connectivity index (χ2v) is 21.8. The van der Waals surface area contributed by atoms with Gasteiger partial charge in [0.25, 0.3) is 5.91 Å². The van der Waals surface area contributed by atoms with Gasteiger partial charge in [0.2, 0.25) is 0 Å². The minimum absolute atomic E-state index is 0.201. The van der Waals surface area contributed by atoms with E-state index < -0.39 is 22.7 Å². The van der Waals surface area contributed by atoms with Crippen LogP contribution in [0.2, 0.25) is 0 Å². The number of hydrogen-bond donors (Lipinski definition) is 1. The summed E-state index contributed by atoms with van der Waals surface area (Å²) in [4.78, 5) is 16.1. The third kappa shape index (κ3) is 9.03. The van der Waals surface area contributed by atoms with Crippen LogP contribution in [0.25, 0.3) is 50.2 Å². The zero-order chi connectivity index (χ0) is 51.3. The molecule has 1 saturated heterocycles. The first-order valence-corrected chi connectivity index (χ1v) is 27.2. The lowest BCUT2D eigenvalue weighted by molar-refractivity contribution is 0.102. The fraction of sp³-hybridized carbons (Fsp3) is 0.279. The maximum Gasteiger partial charge on any atom is 0.255 e. The number of anilines is 2. The lowest BCUT2D eigenvalue weighted by Crippen LogP contribution is -2.37. The minimum Gasteiger partial charge on any atom is -0.472 e. The third-order valence-electron chi connectivity index (χ3n) is 16.9. The average molecular weight is 995 g/mol. The fourth-order valence-electron chi connectivity index (χ4n) is 12.9. The molecule has 0 spiro atoms. The second-order valence-electron chi connectivity index (χ2n) is 21.8. The number of rotatable bonds is 12. The molecular formula is C68H64F2N2O3. The zero-order valence-electron chi connectivity index (χ0n) is 43.2. The van der Waals surface area contributed by atoms with E-state index >= 15 is 8.78 Å². The Morgan fingerprint density at radius 1 is 0.680 bits per heavy atom. The van der Waals surface area contributed by atoms with Crippen molar-refractivity contribution in [2.75, 3.05) is 36.5 Å². The summed E-state index contributed by atoms with van der Waals surface area (Å²) >= 11 is 0. The number of carbonyl (C=O) groups is 1. The van der Waals surface area contributed by atoms with Crippen LogP contribution >= 0.6 is 0 Å². The van der Waals surface area contributed by atoms with Gasteiger partial charge < -0.3 is 19.7 Å². The molecule has 1 N–H and O–H groups in total. The molecule has 0 bridgehead atoms. The summed E-state index contributed by atoms with van der Waals surface area (Å²) in [7, 11) is 0. The highest BCUT2D eigenvalue weighted by molar-refractivity contribution is 6.10. The van der Waals surface area contributed by atoms with E-state index in [1.54, 1.807) is 0 Å². The van der Waals surface area contributed by atoms with Crippen molar-refractivity contribution in [1.82, 2.24) is 0 Å². The number of unbranched alkanes of at least 4 members (excludes halogenated alkanes) is 2. The van der Waals surface area contributed by atoms with Gasteiger partial charge in [0.1, 0.15) is 17.4 Å². The van der Waals surface area contributed by atoms with Crippen LogP contribution in [0.4, 0.5) is 20.2 Å². The molecule has 8 aromatic carbocycles. The number of hydrogen-bond acceptors (Lipinski definition) is 4. The van der Waals surface area contributed by atoms with Gasteiger partial charge in [0.15, 0.2) is 5.60 Å². The van der Waals surface area contributed by atoms with Gasteiger partial charge in [-0.05, 0) is 148 Å². The van der Waals surface area contributed by atoms with Crippen LogP contribution < -0.4 is 15.0 Å². The molecule has 2 aliphatic heterocycles. The van der Waals surface area contributed by atoms with Crippen LogP contribution in [-0.2, 0) is 15.8 Å². The number of benzene rings is 8. The number of carbonyl (C=O) groups excluding carboxylic acids is 1. The van der Waals surface area contributed by atoms with Crippen molar-refractivity contribution in [2.24, 2.45) is 5.92 Å². The Labute approximate surface area is 440 Å². The SMILES string of the molecule is CCCCCC1CCC(c2ccc(-c3ccc(NC(=O)c4ccc(-c5ccc6c7c(c8c(c6c5)-c5cc(F)cc(F)c5C8(C)C)C=CC(c5ccccc5)(c5ccc(N6CCOCC6)cc5)O7)cc4)cc3)cc2)CC1. The smallest absolute Gasteiger partial charge is 0.255 e. The lowest BCUT2D eigenvalue weighted by atomic mass is 9.76. The first-order chi connectivity index (χ1) is 36.6. The third-order valence-corrected chi connectivity index (χ3v) is 16.9. The molecule has 7 heteroatoms. The molecule has 12 rings (SSSR count). The number of amides is 1. The van der Waals surface area contributed by atoms with Crippen LogP contribution in [0.5, 0.6) is 5.75 Å². The first-order valence-electron chi connectivity index (χ1n) is 27.2. The number of fused-ring (bicyclic) bond motifs is 8. The lowest BCUT2D eigenvalue weighted by Gasteiger charge is -2.38. The van der Waals surface area contributed by atoms with E-state index in [4.69, 9.17) is 9.47 Å². The molecule has 0 aromatic heterocycles. The quantitative estimate of drug-likeness (QED) is 0.124. The first kappa shape index (κ1) is 48.6. The summed E-state index contributed by atoms with van der Waals surface area (Å²) in [6, 6.07) is 52.3. The largest absolute Gasteiger partial charge is 0.472 e. The van der Waals surface area contributed by atoms with Gasteiger partial charge in [-0.25, -0.2) is 8.78 Å². The van der Waals surface area contributed by atoms with Crippen LogP contribution in [0, 0.1) is 17.6 Å². The van der Waals surface area contributed by atoms with Crippen molar-refractivity contribution in [3.05, 3.63) is 214 Å². The highest BCUT2D eigenvalue weighted by Crippen LogP contribution is 2.59. The summed E-state index contributed by atoms with van der Waals surface area (Å²) in [5, 5.41) is 4.76. The van der Waals surface area contributed by atoms with E-state index in [1.807, 2.05) is 68.4 Å². The Morgan fingerprint density at radius 3 is 2.04 bits per heavy atom. The number of nitrogens with one attached hydrogen (secondary N) is 1. The molecule has 1 amide bonds. The van der Waals surface area contributed by atoms with Gasteiger partial charge in [-0.2, -0.15) is 0 Å². The topological polar surface area (TPSA) is 50.8 Å². The summed E-state index contributed by atoms with van der Waals surface area (Å²) in [6.07, 6.45) is 15.0. The Bertz CT molecular complexity index is 3430. The van der Waals surface area contributed by atoms with Crippen molar-refractivity contribution in [1.29, 1.82) is 0 Å². The predicted molar refractivity (Wildman–Crippen MR) is 302 cm³/mol. The van der Waals surface area contributed by atoms with Gasteiger partial charge in [-0.1, -0.05) is 150 Å². The Morgan fingerprint density at radius 2 is 1.33 bits per heavy atom. The van der Waals surface area contributed by atoms with E-state index in [0.29, 0.717) is 41.6 Å². The van der Waals surface area contributed by atoms with Crippen molar-refractivity contribution in [2.45, 2.75) is 89.1 Å². The normalized spacial score (nSPS) is 19.5. The second kappa shape index (κ2) is 20.1. The van der Waals surface area contributed by atoms with Gasteiger partial charge in [-0.3, -0.25) is 4.79 Å². The molecule has 4 aliphatic rings. The number of ether oxygens (including phenoxy) is 2. The predicted octanol–water partition coefficient (Wildman–Crippen LogP) is 17.1. The van der Waals surface area contributed by atoms with E-state index in [-0.39, 0.29) is 5.91 Å². The van der Waals surface area contributed by atoms with E-state index in [2.05, 4.69) is 120 Å². The Balaban J connectivity index is 0.828. The number of nitrogens with zero attached hydrogens (tertiary/aromatic N) is 1. The number of halogens is 2. The Kier molecular flexibility index (Phi) is 13.0. The molecule has 1 unspecified atom stereocenters. The molecular weight excluding hydrogens is 931 g/mol. The molecule has 0 radical (unpaired) electrons. The van der Waals surface area contributed by atoms with Crippen LogP contribution in [0.15, 0.2) is 164 Å². The van der Waals surface area contributed by atoms with Gasteiger partial charge in [-0.15, -0.1) is 0 Å². The molecule has 378 valence electrons. The molecule has 1 saturated carbocycles. The van der Waals surface area contributed by atoms with Crippen LogP contribution in [0.3, 0.4) is 0 Å². The number of morpholine rings is 1. The molecule has 2 fully saturated rings. The summed E-state index contributed by atoms with van der Waals surface area (Å²) in [5.41, 5.74) is 11.6. The van der Waals surface area contributed by atoms with Crippen molar-refractivity contribution < 1.29 is 23.0 Å². The zero-order valence-corrected chi connectivity index (χ0v) is 43.2. The minimum atomic E-state index is -0.999. The molecule has 2 aliphatic carbocycles. The van der Waals surface area contributed by atoms with Gasteiger partial charge >= 0.3 is 0 Å². The summed E-state index contributed by atoms with van der Waals surface area (Å²) < 4.78 is 44.8. The van der Waals surface area contributed by atoms with Gasteiger partial charge in [0, 0.05) is 69.1 Å². The molecule has 2 heterocycles. The van der Waals surface area contributed by atoms with Crippen LogP contribution in [-0.4, -0.2) is 32.2 Å². The maximum absolute atomic E-state index is 16.2. The molecule has 75 heavy (non-hydrogen) atoms. The highest BCUT2D eigenvalue weighted by Gasteiger charge is 2.46. The maximum atomic E-state index is 16.2. The molecule has 1 atom stereocenters. The summed E-state index contributed by atoms with van der Waals surface area (Å²) in [5.74, 6) is 0.844. The standard InChI is InChI=1S/C68H64F2N2O3/c1-4-5-7-10-44-13-15-45(16-14-44)46-17-19-47(20-18-46)48-25-30-55(31-26-48)71-66(73)50-23-21-49(22-24-50)51-27-34-57-59(41-51)62-60-42-54(69)43-61(70)63(60)67(2,3)64(62)58-35-36-68(75-65(57)58,52-11-8-6-9-12-52)53-28-32-56(33-29-53)72-37-39-74-40-38-72/h6,8-9,11-12,17-36,41-45H,4-5,7,10,13-16,37-40H2,1-3H3,(H,71,73). The fourth-order valence-corrected chi connectivity index (χ4v) is 12.9. The van der Waals surface area contributed by atoms with E-state index in [0.717, 1.165) is 91.7 Å². The average Bonchev–Trinajstić information content (AvgIpc) is 3.82. The van der Waals surface area contributed by atoms with Crippen molar-refractivity contribution in [3.8, 4) is 39.1 Å². The summed E-state index contributed by atoms with van der Waals surface area (Å²) in [6.45, 7) is 9.38. The van der Waals surface area contributed by atoms with Gasteiger partial charge in [0.05, 0.1) is 13.2 Å². The monoisotopic (exact) mass is 994 g/mol.